The standard InChI is InChI=1S/C13H18O/c1-2-3-5-10-13(14)11-12-8-6-4-7-9-12/h8H,4-7,9-11H2,1H3. The number of hydrogen-bond donors (Lipinski definition) is 0. The van der Waals surface area contributed by atoms with Crippen LogP contribution in [-0.2, 0) is 4.79 Å². The van der Waals surface area contributed by atoms with Gasteiger partial charge in [-0.3, -0.25) is 4.79 Å². The first kappa shape index (κ1) is 11.0. The van der Waals surface area contributed by atoms with E-state index < -0.39 is 0 Å². The Bertz CT molecular complexity index is 275. The lowest BCUT2D eigenvalue weighted by Gasteiger charge is -2.11. The van der Waals surface area contributed by atoms with Crippen molar-refractivity contribution < 1.29 is 4.79 Å². The summed E-state index contributed by atoms with van der Waals surface area (Å²) in [5.74, 6) is 6.08. The summed E-state index contributed by atoms with van der Waals surface area (Å²) < 4.78 is 0. The van der Waals surface area contributed by atoms with Crippen LogP contribution in [0, 0.1) is 11.8 Å². The van der Waals surface area contributed by atoms with E-state index in [4.69, 9.17) is 0 Å². The van der Waals surface area contributed by atoms with Crippen molar-refractivity contribution in [3.8, 4) is 11.8 Å². The van der Waals surface area contributed by atoms with Gasteiger partial charge in [0.2, 0.25) is 0 Å². The van der Waals surface area contributed by atoms with E-state index in [1.165, 1.54) is 18.4 Å². The zero-order valence-corrected chi connectivity index (χ0v) is 8.94. The van der Waals surface area contributed by atoms with E-state index in [9.17, 15) is 4.79 Å². The summed E-state index contributed by atoms with van der Waals surface area (Å²) in [6.07, 6.45) is 9.11. The Morgan fingerprint density at radius 3 is 3.00 bits per heavy atom. The Hall–Kier alpha value is -1.03. The molecule has 0 saturated heterocycles. The van der Waals surface area contributed by atoms with Gasteiger partial charge in [0, 0.05) is 19.3 Å². The third-order valence-electron chi connectivity index (χ3n) is 2.51. The van der Waals surface area contributed by atoms with E-state index in [-0.39, 0.29) is 0 Å². The second kappa shape index (κ2) is 6.43. The van der Waals surface area contributed by atoms with E-state index in [2.05, 4.69) is 17.9 Å². The highest BCUT2D eigenvalue weighted by atomic mass is 16.1. The van der Waals surface area contributed by atoms with Crippen LogP contribution in [0.3, 0.4) is 0 Å². The number of allylic oxidation sites excluding steroid dienone is 2. The molecule has 14 heavy (non-hydrogen) atoms. The van der Waals surface area contributed by atoms with Crippen LogP contribution >= 0.6 is 0 Å². The molecular formula is C13H18O. The highest BCUT2D eigenvalue weighted by molar-refractivity contribution is 5.81. The van der Waals surface area contributed by atoms with E-state index in [1.54, 1.807) is 0 Å². The van der Waals surface area contributed by atoms with Gasteiger partial charge in [0.1, 0.15) is 5.78 Å². The Morgan fingerprint density at radius 2 is 2.36 bits per heavy atom. The molecule has 0 heterocycles. The van der Waals surface area contributed by atoms with E-state index >= 15 is 0 Å². The van der Waals surface area contributed by atoms with Gasteiger partial charge in [0.25, 0.3) is 0 Å². The van der Waals surface area contributed by atoms with Gasteiger partial charge < -0.3 is 0 Å². The fourth-order valence-electron chi connectivity index (χ4n) is 1.73. The summed E-state index contributed by atoms with van der Waals surface area (Å²) in [7, 11) is 0. The summed E-state index contributed by atoms with van der Waals surface area (Å²) in [5.41, 5.74) is 1.35. The quantitative estimate of drug-likeness (QED) is 0.491. The van der Waals surface area contributed by atoms with Crippen LogP contribution in [0.15, 0.2) is 11.6 Å². The zero-order valence-electron chi connectivity index (χ0n) is 8.94. The summed E-state index contributed by atoms with van der Waals surface area (Å²) >= 11 is 0. The third kappa shape index (κ3) is 4.28. The van der Waals surface area contributed by atoms with Crippen LogP contribution in [0.25, 0.3) is 0 Å². The lowest BCUT2D eigenvalue weighted by atomic mass is 9.95. The first-order valence-electron chi connectivity index (χ1n) is 5.42. The predicted octanol–water partition coefficient (Wildman–Crippen LogP) is 3.25. The van der Waals surface area contributed by atoms with Gasteiger partial charge in [-0.2, -0.15) is 0 Å². The molecule has 1 aliphatic carbocycles. The number of Topliss-reactive ketones (excluding diaryl/α,β-unsaturated/α-hetero) is 1. The number of carbonyl (C=O) groups is 1. The average Bonchev–Trinajstić information content (AvgIpc) is 2.20. The molecule has 1 rings (SSSR count). The first-order chi connectivity index (χ1) is 6.83. The Balaban J connectivity index is 2.24. The van der Waals surface area contributed by atoms with Crippen molar-refractivity contribution in [2.45, 2.75) is 51.9 Å². The van der Waals surface area contributed by atoms with E-state index in [1.807, 2.05) is 6.92 Å². The molecule has 1 heteroatoms. The molecule has 0 atom stereocenters. The topological polar surface area (TPSA) is 17.1 Å². The van der Waals surface area contributed by atoms with Gasteiger partial charge in [-0.1, -0.05) is 11.6 Å². The maximum Gasteiger partial charge on any atom is 0.137 e. The molecule has 0 amide bonds. The second-order valence-electron chi connectivity index (χ2n) is 3.75. The van der Waals surface area contributed by atoms with Gasteiger partial charge in [-0.25, -0.2) is 0 Å². The van der Waals surface area contributed by atoms with Crippen LogP contribution in [0.5, 0.6) is 0 Å². The SMILES string of the molecule is CC#CCCC(=O)CC1=CCCCC1. The highest BCUT2D eigenvalue weighted by Crippen LogP contribution is 2.20. The molecule has 0 unspecified atom stereocenters. The second-order valence-corrected chi connectivity index (χ2v) is 3.75. The van der Waals surface area contributed by atoms with Crippen molar-refractivity contribution in [1.82, 2.24) is 0 Å². The maximum atomic E-state index is 11.5. The summed E-state index contributed by atoms with van der Waals surface area (Å²) in [5, 5.41) is 0. The minimum absolute atomic E-state index is 0.348. The highest BCUT2D eigenvalue weighted by Gasteiger charge is 2.08. The van der Waals surface area contributed by atoms with Crippen LogP contribution in [0.2, 0.25) is 0 Å². The molecule has 0 N–H and O–H groups in total. The lowest BCUT2D eigenvalue weighted by Crippen LogP contribution is -2.01. The number of carbonyl (C=O) groups excluding carboxylic acids is 1. The van der Waals surface area contributed by atoms with Gasteiger partial charge in [0.15, 0.2) is 0 Å². The van der Waals surface area contributed by atoms with Crippen molar-refractivity contribution >= 4 is 5.78 Å². The summed E-state index contributed by atoms with van der Waals surface area (Å²) in [6, 6.07) is 0. The Kier molecular flexibility index (Phi) is 5.07. The van der Waals surface area contributed by atoms with Crippen LogP contribution in [0.1, 0.15) is 51.9 Å². The van der Waals surface area contributed by atoms with Crippen molar-refractivity contribution in [1.29, 1.82) is 0 Å². The lowest BCUT2D eigenvalue weighted by molar-refractivity contribution is -0.118. The fourth-order valence-corrected chi connectivity index (χ4v) is 1.73. The molecule has 0 spiro atoms. The van der Waals surface area contributed by atoms with Gasteiger partial charge in [-0.05, 0) is 32.6 Å². The number of hydrogen-bond acceptors (Lipinski definition) is 1. The van der Waals surface area contributed by atoms with Crippen molar-refractivity contribution in [2.75, 3.05) is 0 Å². The summed E-state index contributed by atoms with van der Waals surface area (Å²) in [4.78, 5) is 11.5. The van der Waals surface area contributed by atoms with Crippen molar-refractivity contribution in [2.24, 2.45) is 0 Å². The smallest absolute Gasteiger partial charge is 0.137 e. The molecule has 0 saturated carbocycles. The van der Waals surface area contributed by atoms with Crippen molar-refractivity contribution in [3.63, 3.8) is 0 Å². The van der Waals surface area contributed by atoms with E-state index in [0.29, 0.717) is 18.6 Å². The third-order valence-corrected chi connectivity index (χ3v) is 2.51. The molecule has 0 aromatic heterocycles. The molecule has 1 aliphatic rings. The molecule has 0 aromatic rings. The van der Waals surface area contributed by atoms with Gasteiger partial charge >= 0.3 is 0 Å². The Labute approximate surface area is 86.6 Å². The largest absolute Gasteiger partial charge is 0.299 e. The average molecular weight is 190 g/mol. The zero-order chi connectivity index (χ0) is 10.2. The molecule has 76 valence electrons. The Morgan fingerprint density at radius 1 is 1.50 bits per heavy atom. The van der Waals surface area contributed by atoms with Crippen LogP contribution in [-0.4, -0.2) is 5.78 Å². The molecule has 1 nitrogen and oxygen atoms in total. The van der Waals surface area contributed by atoms with Crippen LogP contribution < -0.4 is 0 Å². The van der Waals surface area contributed by atoms with Gasteiger partial charge in [0.05, 0.1) is 0 Å². The van der Waals surface area contributed by atoms with Crippen molar-refractivity contribution in [3.05, 3.63) is 11.6 Å². The maximum absolute atomic E-state index is 11.5. The minimum atomic E-state index is 0.348. The molecule has 0 bridgehead atoms. The minimum Gasteiger partial charge on any atom is -0.299 e. The fraction of sp³-hybridized carbons (Fsp3) is 0.615. The monoisotopic (exact) mass is 190 g/mol. The molecule has 0 radical (unpaired) electrons. The molecule has 0 aliphatic heterocycles. The number of ketones is 1. The van der Waals surface area contributed by atoms with Crippen LogP contribution in [0.4, 0.5) is 0 Å². The number of rotatable bonds is 4. The normalized spacial score (nSPS) is 15.4. The summed E-state index contributed by atoms with van der Waals surface area (Å²) in [6.45, 7) is 1.81. The first-order valence-corrected chi connectivity index (χ1v) is 5.42. The van der Waals surface area contributed by atoms with E-state index in [0.717, 1.165) is 19.3 Å². The molecular weight excluding hydrogens is 172 g/mol. The molecule has 0 fully saturated rings. The molecule has 0 aromatic carbocycles. The van der Waals surface area contributed by atoms with Gasteiger partial charge in [-0.15, -0.1) is 11.8 Å². The predicted molar refractivity (Wildman–Crippen MR) is 58.9 cm³/mol.